The second-order valence-corrected chi connectivity index (χ2v) is 7.36. The van der Waals surface area contributed by atoms with Gasteiger partial charge in [-0.1, -0.05) is 41.6 Å². The average Bonchev–Trinajstić information content (AvgIpc) is 2.78. The molecule has 0 aromatic heterocycles. The molecule has 1 aromatic carbocycles. The Kier molecular flexibility index (Phi) is 4.37. The SMILES string of the molecule is NCC1(Cc2cc(Br)cc3c2OCC3)CCCCCC1. The minimum atomic E-state index is 0.289. The van der Waals surface area contributed by atoms with Crippen molar-refractivity contribution in [3.8, 4) is 5.75 Å². The van der Waals surface area contributed by atoms with E-state index < -0.39 is 0 Å². The molecule has 3 heteroatoms. The highest BCUT2D eigenvalue weighted by molar-refractivity contribution is 9.10. The highest BCUT2D eigenvalue weighted by atomic mass is 79.9. The van der Waals surface area contributed by atoms with E-state index in [4.69, 9.17) is 10.5 Å². The molecule has 0 saturated heterocycles. The molecule has 0 amide bonds. The number of ether oxygens (including phenoxy) is 1. The van der Waals surface area contributed by atoms with Gasteiger partial charge in [-0.25, -0.2) is 0 Å². The summed E-state index contributed by atoms with van der Waals surface area (Å²) >= 11 is 3.65. The maximum absolute atomic E-state index is 6.19. The lowest BCUT2D eigenvalue weighted by atomic mass is 9.75. The van der Waals surface area contributed by atoms with Gasteiger partial charge in [0, 0.05) is 10.9 Å². The molecule has 1 aliphatic heterocycles. The first-order chi connectivity index (χ1) is 9.72. The van der Waals surface area contributed by atoms with Crippen LogP contribution in [0.25, 0.3) is 0 Å². The van der Waals surface area contributed by atoms with Crippen molar-refractivity contribution < 1.29 is 4.74 Å². The van der Waals surface area contributed by atoms with Crippen molar-refractivity contribution in [3.05, 3.63) is 27.7 Å². The van der Waals surface area contributed by atoms with Gasteiger partial charge < -0.3 is 10.5 Å². The van der Waals surface area contributed by atoms with E-state index in [9.17, 15) is 0 Å². The molecule has 2 nitrogen and oxygen atoms in total. The van der Waals surface area contributed by atoms with Gasteiger partial charge >= 0.3 is 0 Å². The van der Waals surface area contributed by atoms with Crippen LogP contribution in [0.2, 0.25) is 0 Å². The highest BCUT2D eigenvalue weighted by Gasteiger charge is 2.32. The van der Waals surface area contributed by atoms with Gasteiger partial charge in [-0.05, 0) is 54.5 Å². The lowest BCUT2D eigenvalue weighted by Crippen LogP contribution is -2.32. The van der Waals surface area contributed by atoms with Crippen LogP contribution in [-0.4, -0.2) is 13.2 Å². The number of nitrogens with two attached hydrogens (primary N) is 1. The van der Waals surface area contributed by atoms with Crippen molar-refractivity contribution in [3.63, 3.8) is 0 Å². The van der Waals surface area contributed by atoms with Gasteiger partial charge in [-0.15, -0.1) is 0 Å². The Balaban J connectivity index is 1.89. The number of fused-ring (bicyclic) bond motifs is 1. The maximum Gasteiger partial charge on any atom is 0.125 e. The molecular weight excluding hydrogens is 314 g/mol. The number of rotatable bonds is 3. The van der Waals surface area contributed by atoms with E-state index in [2.05, 4.69) is 28.1 Å². The van der Waals surface area contributed by atoms with Crippen LogP contribution in [0.3, 0.4) is 0 Å². The molecule has 0 bridgehead atoms. The van der Waals surface area contributed by atoms with Crippen LogP contribution in [0.4, 0.5) is 0 Å². The van der Waals surface area contributed by atoms with Gasteiger partial charge in [0.15, 0.2) is 0 Å². The average molecular weight is 338 g/mol. The molecule has 2 aliphatic rings. The second-order valence-electron chi connectivity index (χ2n) is 6.45. The predicted molar refractivity (Wildman–Crippen MR) is 86.2 cm³/mol. The number of hydrogen-bond acceptors (Lipinski definition) is 2. The Bertz CT molecular complexity index is 478. The van der Waals surface area contributed by atoms with Gasteiger partial charge in [0.25, 0.3) is 0 Å². The minimum Gasteiger partial charge on any atom is -0.493 e. The molecule has 20 heavy (non-hydrogen) atoms. The van der Waals surface area contributed by atoms with Crippen LogP contribution in [0.1, 0.15) is 49.7 Å². The van der Waals surface area contributed by atoms with Crippen LogP contribution in [-0.2, 0) is 12.8 Å². The van der Waals surface area contributed by atoms with Crippen molar-refractivity contribution in [2.24, 2.45) is 11.1 Å². The minimum absolute atomic E-state index is 0.289. The van der Waals surface area contributed by atoms with E-state index in [-0.39, 0.29) is 5.41 Å². The second kappa shape index (κ2) is 6.07. The molecule has 0 atom stereocenters. The van der Waals surface area contributed by atoms with E-state index in [0.717, 1.165) is 31.7 Å². The summed E-state index contributed by atoms with van der Waals surface area (Å²) in [4.78, 5) is 0. The Morgan fingerprint density at radius 1 is 1.15 bits per heavy atom. The number of hydrogen-bond donors (Lipinski definition) is 1. The molecule has 0 radical (unpaired) electrons. The van der Waals surface area contributed by atoms with Crippen LogP contribution in [0, 0.1) is 5.41 Å². The summed E-state index contributed by atoms with van der Waals surface area (Å²) in [7, 11) is 0. The molecule has 1 fully saturated rings. The highest BCUT2D eigenvalue weighted by Crippen LogP contribution is 2.42. The zero-order valence-electron chi connectivity index (χ0n) is 12.1. The van der Waals surface area contributed by atoms with Crippen molar-refractivity contribution in [1.29, 1.82) is 0 Å². The largest absolute Gasteiger partial charge is 0.493 e. The van der Waals surface area contributed by atoms with Gasteiger partial charge in [-0.2, -0.15) is 0 Å². The molecular formula is C17H24BrNO. The molecule has 0 unspecified atom stereocenters. The van der Waals surface area contributed by atoms with Crippen molar-refractivity contribution in [2.75, 3.05) is 13.2 Å². The van der Waals surface area contributed by atoms with Gasteiger partial charge in [-0.3, -0.25) is 0 Å². The van der Waals surface area contributed by atoms with Crippen molar-refractivity contribution in [2.45, 2.75) is 51.4 Å². The molecule has 2 N–H and O–H groups in total. The lowest BCUT2D eigenvalue weighted by Gasteiger charge is -2.32. The normalized spacial score (nSPS) is 21.1. The summed E-state index contributed by atoms with van der Waals surface area (Å²) < 4.78 is 7.06. The van der Waals surface area contributed by atoms with E-state index >= 15 is 0 Å². The first kappa shape index (κ1) is 14.4. The topological polar surface area (TPSA) is 35.2 Å². The number of benzene rings is 1. The third kappa shape index (κ3) is 2.89. The summed E-state index contributed by atoms with van der Waals surface area (Å²) in [6.45, 7) is 1.63. The molecule has 1 heterocycles. The summed E-state index contributed by atoms with van der Waals surface area (Å²) in [5.41, 5.74) is 9.19. The van der Waals surface area contributed by atoms with Crippen LogP contribution >= 0.6 is 15.9 Å². The standard InChI is InChI=1S/C17H24BrNO/c18-15-9-13-5-8-20-16(13)14(10-15)11-17(12-19)6-3-1-2-4-7-17/h9-10H,1-8,11-12,19H2. The van der Waals surface area contributed by atoms with E-state index in [1.54, 1.807) is 0 Å². The smallest absolute Gasteiger partial charge is 0.125 e. The summed E-state index contributed by atoms with van der Waals surface area (Å²) in [5, 5.41) is 0. The molecule has 1 aliphatic carbocycles. The van der Waals surface area contributed by atoms with Gasteiger partial charge in [0.05, 0.1) is 6.61 Å². The molecule has 1 saturated carbocycles. The monoisotopic (exact) mass is 337 g/mol. The van der Waals surface area contributed by atoms with E-state index in [1.807, 2.05) is 0 Å². The lowest BCUT2D eigenvalue weighted by molar-refractivity contribution is 0.248. The Morgan fingerprint density at radius 3 is 2.60 bits per heavy atom. The third-order valence-electron chi connectivity index (χ3n) is 4.99. The van der Waals surface area contributed by atoms with Crippen LogP contribution < -0.4 is 10.5 Å². The fourth-order valence-electron chi connectivity index (χ4n) is 3.81. The molecule has 1 aromatic rings. The Hall–Kier alpha value is -0.540. The molecule has 3 rings (SSSR count). The molecule has 110 valence electrons. The fraction of sp³-hybridized carbons (Fsp3) is 0.647. The number of halogens is 1. The maximum atomic E-state index is 6.19. The van der Waals surface area contributed by atoms with Crippen LogP contribution in [0.15, 0.2) is 16.6 Å². The quantitative estimate of drug-likeness (QED) is 0.838. The summed E-state index contributed by atoms with van der Waals surface area (Å²) in [5.74, 6) is 1.14. The fourth-order valence-corrected chi connectivity index (χ4v) is 4.37. The zero-order valence-corrected chi connectivity index (χ0v) is 13.7. The van der Waals surface area contributed by atoms with Gasteiger partial charge in [0.2, 0.25) is 0 Å². The predicted octanol–water partition coefficient (Wildman–Crippen LogP) is 4.23. The van der Waals surface area contributed by atoms with E-state index in [1.165, 1.54) is 54.1 Å². The Morgan fingerprint density at radius 2 is 1.90 bits per heavy atom. The third-order valence-corrected chi connectivity index (χ3v) is 5.45. The first-order valence-corrected chi connectivity index (χ1v) is 8.66. The van der Waals surface area contributed by atoms with Crippen molar-refractivity contribution >= 4 is 15.9 Å². The van der Waals surface area contributed by atoms with E-state index in [0.29, 0.717) is 0 Å². The zero-order chi connectivity index (χ0) is 14.0. The summed E-state index contributed by atoms with van der Waals surface area (Å²) in [6, 6.07) is 4.44. The molecule has 0 spiro atoms. The van der Waals surface area contributed by atoms with Gasteiger partial charge in [0.1, 0.15) is 5.75 Å². The van der Waals surface area contributed by atoms with Crippen molar-refractivity contribution in [1.82, 2.24) is 0 Å². The first-order valence-electron chi connectivity index (χ1n) is 7.87. The van der Waals surface area contributed by atoms with Crippen LogP contribution in [0.5, 0.6) is 5.75 Å². The summed E-state index contributed by atoms with van der Waals surface area (Å²) in [6.07, 6.45) is 10.0. The Labute approximate surface area is 130 Å².